The SMILES string of the molecule is O=C(O)[C@]1(c2ccc(F)cc2)CC[C@](Oc2ccccn2)(c2ccc(F)cn2)CC1. The first-order valence-corrected chi connectivity index (χ1v) is 9.65. The van der Waals surface area contributed by atoms with Gasteiger partial charge in [-0.05, 0) is 61.6 Å². The van der Waals surface area contributed by atoms with Crippen LogP contribution in [-0.2, 0) is 15.8 Å². The second-order valence-electron chi connectivity index (χ2n) is 7.52. The van der Waals surface area contributed by atoms with Crippen LogP contribution in [0, 0.1) is 11.6 Å². The minimum absolute atomic E-state index is 0.250. The van der Waals surface area contributed by atoms with E-state index >= 15 is 0 Å². The van der Waals surface area contributed by atoms with E-state index in [1.54, 1.807) is 30.5 Å². The van der Waals surface area contributed by atoms with Gasteiger partial charge in [0.2, 0.25) is 5.88 Å². The third kappa shape index (κ3) is 3.63. The molecule has 1 fully saturated rings. The molecule has 7 heteroatoms. The van der Waals surface area contributed by atoms with Gasteiger partial charge in [0.25, 0.3) is 0 Å². The Balaban J connectivity index is 1.70. The van der Waals surface area contributed by atoms with E-state index in [4.69, 9.17) is 4.74 Å². The van der Waals surface area contributed by atoms with E-state index in [2.05, 4.69) is 9.97 Å². The molecule has 1 aliphatic carbocycles. The fraction of sp³-hybridized carbons (Fsp3) is 0.261. The van der Waals surface area contributed by atoms with Gasteiger partial charge in [-0.1, -0.05) is 18.2 Å². The standard InChI is InChI=1S/C23H20F2N2O3/c24-17-6-4-16(5-7-17)22(21(28)29)10-12-23(13-11-22,19-9-8-18(25)15-27-19)30-20-3-1-2-14-26-20/h1-9,14-15H,10-13H2,(H,28,29)/t22-,23-. The number of halogens is 2. The Kier molecular flexibility index (Phi) is 5.20. The molecule has 1 aliphatic rings. The van der Waals surface area contributed by atoms with Crippen LogP contribution in [0.25, 0.3) is 0 Å². The van der Waals surface area contributed by atoms with Gasteiger partial charge in [-0.3, -0.25) is 9.78 Å². The summed E-state index contributed by atoms with van der Waals surface area (Å²) >= 11 is 0. The summed E-state index contributed by atoms with van der Waals surface area (Å²) in [5, 5.41) is 10.1. The molecule has 0 saturated heterocycles. The van der Waals surface area contributed by atoms with Crippen LogP contribution in [0.15, 0.2) is 67.0 Å². The van der Waals surface area contributed by atoms with Gasteiger partial charge in [-0.2, -0.15) is 0 Å². The van der Waals surface area contributed by atoms with Gasteiger partial charge in [0.15, 0.2) is 5.60 Å². The van der Waals surface area contributed by atoms with E-state index in [1.807, 2.05) is 0 Å². The number of carbonyl (C=O) groups is 1. The molecule has 5 nitrogen and oxygen atoms in total. The third-order valence-electron chi connectivity index (χ3n) is 5.85. The van der Waals surface area contributed by atoms with Crippen molar-refractivity contribution in [1.29, 1.82) is 0 Å². The van der Waals surface area contributed by atoms with Gasteiger partial charge < -0.3 is 9.84 Å². The Hall–Kier alpha value is -3.35. The molecule has 2 aromatic heterocycles. The van der Waals surface area contributed by atoms with Crippen molar-refractivity contribution < 1.29 is 23.4 Å². The van der Waals surface area contributed by atoms with E-state index in [-0.39, 0.29) is 12.8 Å². The lowest BCUT2D eigenvalue weighted by Gasteiger charge is -2.44. The van der Waals surface area contributed by atoms with Gasteiger partial charge in [0.05, 0.1) is 17.3 Å². The lowest BCUT2D eigenvalue weighted by Crippen LogP contribution is -2.47. The number of benzene rings is 1. The van der Waals surface area contributed by atoms with E-state index < -0.39 is 28.6 Å². The summed E-state index contributed by atoms with van der Waals surface area (Å²) in [6, 6.07) is 13.7. The predicted octanol–water partition coefficient (Wildman–Crippen LogP) is 4.63. The first-order chi connectivity index (χ1) is 14.4. The van der Waals surface area contributed by atoms with Crippen LogP contribution < -0.4 is 4.74 Å². The van der Waals surface area contributed by atoms with Crippen LogP contribution in [0.1, 0.15) is 36.9 Å². The fourth-order valence-corrected chi connectivity index (χ4v) is 4.14. The van der Waals surface area contributed by atoms with Crippen LogP contribution in [0.5, 0.6) is 5.88 Å². The van der Waals surface area contributed by atoms with Gasteiger partial charge in [0.1, 0.15) is 11.6 Å². The van der Waals surface area contributed by atoms with Crippen molar-refractivity contribution in [3.05, 3.63) is 89.9 Å². The first-order valence-electron chi connectivity index (χ1n) is 9.65. The van der Waals surface area contributed by atoms with Gasteiger partial charge >= 0.3 is 5.97 Å². The number of nitrogens with zero attached hydrogens (tertiary/aromatic N) is 2. The Labute approximate surface area is 172 Å². The molecule has 0 radical (unpaired) electrons. The average Bonchev–Trinajstić information content (AvgIpc) is 2.76. The summed E-state index contributed by atoms with van der Waals surface area (Å²) in [5.41, 5.74) is -1.03. The number of carboxylic acids is 1. The lowest BCUT2D eigenvalue weighted by atomic mass is 9.64. The highest BCUT2D eigenvalue weighted by Crippen LogP contribution is 2.48. The number of carboxylic acid groups (broad SMARTS) is 1. The number of hydrogen-bond acceptors (Lipinski definition) is 4. The second kappa shape index (κ2) is 7.82. The summed E-state index contributed by atoms with van der Waals surface area (Å²) < 4.78 is 33.1. The maximum atomic E-state index is 13.5. The molecule has 30 heavy (non-hydrogen) atoms. The largest absolute Gasteiger partial charge is 0.481 e. The molecule has 0 amide bonds. The van der Waals surface area contributed by atoms with Crippen molar-refractivity contribution in [2.24, 2.45) is 0 Å². The molecule has 154 valence electrons. The molecule has 3 aromatic rings. The van der Waals surface area contributed by atoms with Gasteiger partial charge in [-0.15, -0.1) is 0 Å². The number of aliphatic carboxylic acids is 1. The summed E-state index contributed by atoms with van der Waals surface area (Å²) in [7, 11) is 0. The Morgan fingerprint density at radius 3 is 2.17 bits per heavy atom. The molecule has 2 heterocycles. The number of hydrogen-bond donors (Lipinski definition) is 1. The van der Waals surface area contributed by atoms with Crippen LogP contribution in [0.3, 0.4) is 0 Å². The first kappa shape index (κ1) is 19.9. The maximum Gasteiger partial charge on any atom is 0.314 e. The number of aromatic nitrogens is 2. The van der Waals surface area contributed by atoms with Crippen LogP contribution in [-0.4, -0.2) is 21.0 Å². The molecule has 1 saturated carbocycles. The molecule has 0 bridgehead atoms. The van der Waals surface area contributed by atoms with Gasteiger partial charge in [0, 0.05) is 12.3 Å². The van der Waals surface area contributed by atoms with Crippen LogP contribution in [0.4, 0.5) is 8.78 Å². The molecule has 1 aromatic carbocycles. The highest BCUT2D eigenvalue weighted by Gasteiger charge is 2.51. The molecular weight excluding hydrogens is 390 g/mol. The van der Waals surface area contributed by atoms with E-state index in [9.17, 15) is 18.7 Å². The number of rotatable bonds is 5. The molecule has 1 N–H and O–H groups in total. The van der Waals surface area contributed by atoms with Gasteiger partial charge in [-0.25, -0.2) is 13.8 Å². The van der Waals surface area contributed by atoms with Crippen molar-refractivity contribution in [2.45, 2.75) is 36.7 Å². The van der Waals surface area contributed by atoms with Crippen molar-refractivity contribution in [3.63, 3.8) is 0 Å². The molecule has 0 aliphatic heterocycles. The molecule has 0 unspecified atom stereocenters. The van der Waals surface area contributed by atoms with Crippen molar-refractivity contribution in [1.82, 2.24) is 9.97 Å². The van der Waals surface area contributed by atoms with Crippen molar-refractivity contribution in [3.8, 4) is 5.88 Å². The Morgan fingerprint density at radius 2 is 1.60 bits per heavy atom. The Morgan fingerprint density at radius 1 is 0.900 bits per heavy atom. The fourth-order valence-electron chi connectivity index (χ4n) is 4.14. The summed E-state index contributed by atoms with van der Waals surface area (Å²) in [6.45, 7) is 0. The average molecular weight is 410 g/mol. The second-order valence-corrected chi connectivity index (χ2v) is 7.52. The summed E-state index contributed by atoms with van der Waals surface area (Å²) in [6.07, 6.45) is 3.87. The Bertz CT molecular complexity index is 1020. The minimum Gasteiger partial charge on any atom is -0.481 e. The smallest absolute Gasteiger partial charge is 0.314 e. The summed E-state index contributed by atoms with van der Waals surface area (Å²) in [5.74, 6) is -1.46. The zero-order valence-electron chi connectivity index (χ0n) is 16.1. The monoisotopic (exact) mass is 410 g/mol. The molecule has 0 spiro atoms. The molecular formula is C23H20F2N2O3. The molecule has 0 atom stereocenters. The maximum absolute atomic E-state index is 13.5. The normalized spacial score (nSPS) is 23.7. The van der Waals surface area contributed by atoms with E-state index in [0.717, 1.165) is 6.20 Å². The minimum atomic E-state index is -1.16. The van der Waals surface area contributed by atoms with E-state index in [1.165, 1.54) is 30.3 Å². The zero-order valence-corrected chi connectivity index (χ0v) is 16.1. The highest BCUT2D eigenvalue weighted by atomic mass is 19.1. The molecule has 4 rings (SSSR count). The van der Waals surface area contributed by atoms with E-state index in [0.29, 0.717) is 30.0 Å². The van der Waals surface area contributed by atoms with Crippen LogP contribution in [0.2, 0.25) is 0 Å². The summed E-state index contributed by atoms with van der Waals surface area (Å²) in [4.78, 5) is 20.7. The predicted molar refractivity (Wildman–Crippen MR) is 105 cm³/mol. The zero-order chi connectivity index (χ0) is 21.2. The third-order valence-corrected chi connectivity index (χ3v) is 5.85. The lowest BCUT2D eigenvalue weighted by molar-refractivity contribution is -0.147. The quantitative estimate of drug-likeness (QED) is 0.664. The number of ether oxygens (including phenoxy) is 1. The highest BCUT2D eigenvalue weighted by molar-refractivity contribution is 5.81. The van der Waals surface area contributed by atoms with Crippen molar-refractivity contribution in [2.75, 3.05) is 0 Å². The van der Waals surface area contributed by atoms with Crippen LogP contribution >= 0.6 is 0 Å². The topological polar surface area (TPSA) is 72.3 Å². The van der Waals surface area contributed by atoms with Crippen molar-refractivity contribution >= 4 is 5.97 Å². The number of pyridine rings is 2.